The van der Waals surface area contributed by atoms with Gasteiger partial charge in [0.1, 0.15) is 11.5 Å². The molecule has 0 unspecified atom stereocenters. The molecule has 0 saturated carbocycles. The highest BCUT2D eigenvalue weighted by atomic mass is 16.5. The van der Waals surface area contributed by atoms with Gasteiger partial charge >= 0.3 is 0 Å². The molecule has 0 radical (unpaired) electrons. The lowest BCUT2D eigenvalue weighted by molar-refractivity contribution is 0.406. The van der Waals surface area contributed by atoms with Gasteiger partial charge in [-0.25, -0.2) is 0 Å². The fourth-order valence-corrected chi connectivity index (χ4v) is 2.55. The molecule has 0 amide bonds. The maximum Gasteiger partial charge on any atom is 0.122 e. The zero-order valence-electron chi connectivity index (χ0n) is 12.0. The van der Waals surface area contributed by atoms with Crippen molar-refractivity contribution in [2.75, 3.05) is 7.11 Å². The molecule has 0 atom stereocenters. The lowest BCUT2D eigenvalue weighted by atomic mass is 9.93. The van der Waals surface area contributed by atoms with E-state index in [0.29, 0.717) is 5.75 Å². The van der Waals surface area contributed by atoms with Gasteiger partial charge < -0.3 is 9.84 Å². The van der Waals surface area contributed by atoms with Crippen molar-refractivity contribution >= 4 is 0 Å². The van der Waals surface area contributed by atoms with Crippen molar-refractivity contribution < 1.29 is 9.84 Å². The minimum Gasteiger partial charge on any atom is -0.508 e. The van der Waals surface area contributed by atoms with Crippen LogP contribution in [0.2, 0.25) is 0 Å². The van der Waals surface area contributed by atoms with E-state index in [1.54, 1.807) is 13.2 Å². The number of methoxy groups -OCH3 is 1. The second-order valence-electron chi connectivity index (χ2n) is 5.26. The molecular weight excluding hydrogens is 236 g/mol. The van der Waals surface area contributed by atoms with Crippen LogP contribution in [0.3, 0.4) is 0 Å². The third-order valence-electron chi connectivity index (χ3n) is 3.73. The number of benzene rings is 1. The summed E-state index contributed by atoms with van der Waals surface area (Å²) in [5, 5.41) is 10.1. The Hall–Kier alpha value is -1.70. The largest absolute Gasteiger partial charge is 0.508 e. The third-order valence-corrected chi connectivity index (χ3v) is 3.73. The van der Waals surface area contributed by atoms with Crippen LogP contribution < -0.4 is 4.74 Å². The van der Waals surface area contributed by atoms with Crippen LogP contribution in [-0.2, 0) is 12.8 Å². The monoisotopic (exact) mass is 258 g/mol. The van der Waals surface area contributed by atoms with Gasteiger partial charge in [-0.3, -0.25) is 0 Å². The SMILES string of the molecule is COc1ccc(O)c2c1CC=C(C)CCC=C(C)C2. The average molecular weight is 258 g/mol. The first-order chi connectivity index (χ1) is 9.11. The zero-order chi connectivity index (χ0) is 13.8. The van der Waals surface area contributed by atoms with Gasteiger partial charge in [0, 0.05) is 11.1 Å². The van der Waals surface area contributed by atoms with Gasteiger partial charge in [0.05, 0.1) is 7.11 Å². The van der Waals surface area contributed by atoms with Gasteiger partial charge in [-0.1, -0.05) is 23.3 Å². The van der Waals surface area contributed by atoms with E-state index in [1.165, 1.54) is 11.1 Å². The highest BCUT2D eigenvalue weighted by Gasteiger charge is 2.14. The maximum absolute atomic E-state index is 10.1. The van der Waals surface area contributed by atoms with E-state index >= 15 is 0 Å². The number of phenols is 1. The molecule has 0 aromatic heterocycles. The molecule has 1 aliphatic carbocycles. The van der Waals surface area contributed by atoms with Crippen molar-refractivity contribution in [2.45, 2.75) is 39.5 Å². The molecule has 0 spiro atoms. The van der Waals surface area contributed by atoms with Gasteiger partial charge in [0.2, 0.25) is 0 Å². The Bertz CT molecular complexity index is 524. The normalized spacial score (nSPS) is 16.2. The molecule has 0 fully saturated rings. The Morgan fingerprint density at radius 2 is 1.84 bits per heavy atom. The van der Waals surface area contributed by atoms with Crippen molar-refractivity contribution in [2.24, 2.45) is 0 Å². The fraction of sp³-hybridized carbons (Fsp3) is 0.412. The topological polar surface area (TPSA) is 29.5 Å². The summed E-state index contributed by atoms with van der Waals surface area (Å²) in [7, 11) is 1.69. The quantitative estimate of drug-likeness (QED) is 0.766. The zero-order valence-corrected chi connectivity index (χ0v) is 12.0. The smallest absolute Gasteiger partial charge is 0.122 e. The van der Waals surface area contributed by atoms with Crippen LogP contribution in [0.15, 0.2) is 35.4 Å². The van der Waals surface area contributed by atoms with Crippen LogP contribution in [0.25, 0.3) is 0 Å². The number of hydrogen-bond acceptors (Lipinski definition) is 2. The molecule has 2 rings (SSSR count). The minimum absolute atomic E-state index is 0.371. The van der Waals surface area contributed by atoms with Crippen LogP contribution in [0.5, 0.6) is 11.5 Å². The molecule has 1 aromatic rings. The standard InChI is InChI=1S/C17H22O2/c1-12-5-4-6-13(2)11-15-14(8-7-12)17(19-3)10-9-16(15)18/h6-7,9-10,18H,4-5,8,11H2,1-3H3. The summed E-state index contributed by atoms with van der Waals surface area (Å²) in [6.45, 7) is 4.29. The lowest BCUT2D eigenvalue weighted by Gasteiger charge is -2.16. The molecule has 2 nitrogen and oxygen atoms in total. The summed E-state index contributed by atoms with van der Waals surface area (Å²) in [6, 6.07) is 3.58. The summed E-state index contributed by atoms with van der Waals surface area (Å²) in [4.78, 5) is 0. The summed E-state index contributed by atoms with van der Waals surface area (Å²) >= 11 is 0. The van der Waals surface area contributed by atoms with Crippen molar-refractivity contribution in [1.29, 1.82) is 0 Å². The Balaban J connectivity index is 2.53. The van der Waals surface area contributed by atoms with E-state index in [0.717, 1.165) is 42.6 Å². The summed E-state index contributed by atoms with van der Waals surface area (Å²) in [5.41, 5.74) is 4.80. The predicted molar refractivity (Wildman–Crippen MR) is 78.8 cm³/mol. The van der Waals surface area contributed by atoms with Crippen LogP contribution >= 0.6 is 0 Å². The average Bonchev–Trinajstić information content (AvgIpc) is 2.39. The molecule has 0 aliphatic heterocycles. The Kier molecular flexibility index (Phi) is 4.31. The van der Waals surface area contributed by atoms with Gasteiger partial charge in [-0.15, -0.1) is 0 Å². The first-order valence-corrected chi connectivity index (χ1v) is 6.80. The Morgan fingerprint density at radius 1 is 1.05 bits per heavy atom. The van der Waals surface area contributed by atoms with Crippen molar-refractivity contribution in [3.8, 4) is 11.5 Å². The molecular formula is C17H22O2. The van der Waals surface area contributed by atoms with Crippen LogP contribution in [0.1, 0.15) is 37.8 Å². The number of allylic oxidation sites excluding steroid dienone is 4. The number of rotatable bonds is 1. The molecule has 0 saturated heterocycles. The molecule has 1 aliphatic rings. The number of phenolic OH excluding ortho intramolecular Hbond substituents is 1. The molecule has 102 valence electrons. The van der Waals surface area contributed by atoms with Crippen molar-refractivity contribution in [1.82, 2.24) is 0 Å². The fourth-order valence-electron chi connectivity index (χ4n) is 2.55. The Labute approximate surface area is 115 Å². The molecule has 19 heavy (non-hydrogen) atoms. The third kappa shape index (κ3) is 3.19. The molecule has 1 aromatic carbocycles. The first kappa shape index (κ1) is 13.7. The number of ether oxygens (including phenoxy) is 1. The first-order valence-electron chi connectivity index (χ1n) is 6.80. The molecule has 1 N–H and O–H groups in total. The van der Waals surface area contributed by atoms with Crippen LogP contribution in [0, 0.1) is 0 Å². The van der Waals surface area contributed by atoms with E-state index in [1.807, 2.05) is 6.07 Å². The Morgan fingerprint density at radius 3 is 2.58 bits per heavy atom. The van der Waals surface area contributed by atoms with E-state index in [2.05, 4.69) is 26.0 Å². The second-order valence-corrected chi connectivity index (χ2v) is 5.26. The number of hydrogen-bond donors (Lipinski definition) is 1. The van der Waals surface area contributed by atoms with Crippen molar-refractivity contribution in [3.63, 3.8) is 0 Å². The van der Waals surface area contributed by atoms with Gasteiger partial charge in [-0.05, 0) is 51.7 Å². The summed E-state index contributed by atoms with van der Waals surface area (Å²) in [5.74, 6) is 1.24. The summed E-state index contributed by atoms with van der Waals surface area (Å²) in [6.07, 6.45) is 8.32. The van der Waals surface area contributed by atoms with E-state index in [9.17, 15) is 5.11 Å². The number of fused-ring (bicyclic) bond motifs is 1. The predicted octanol–water partition coefficient (Wildman–Crippen LogP) is 4.17. The maximum atomic E-state index is 10.1. The van der Waals surface area contributed by atoms with Crippen molar-refractivity contribution in [3.05, 3.63) is 46.6 Å². The van der Waals surface area contributed by atoms with Crippen LogP contribution in [-0.4, -0.2) is 12.2 Å². The van der Waals surface area contributed by atoms with Gasteiger partial charge in [0.15, 0.2) is 0 Å². The van der Waals surface area contributed by atoms with E-state index in [4.69, 9.17) is 4.74 Å². The van der Waals surface area contributed by atoms with Gasteiger partial charge in [-0.2, -0.15) is 0 Å². The molecule has 0 bridgehead atoms. The summed E-state index contributed by atoms with van der Waals surface area (Å²) < 4.78 is 5.45. The molecule has 0 heterocycles. The minimum atomic E-state index is 0.371. The van der Waals surface area contributed by atoms with E-state index in [-0.39, 0.29) is 0 Å². The second kappa shape index (κ2) is 5.96. The highest BCUT2D eigenvalue weighted by Crippen LogP contribution is 2.33. The lowest BCUT2D eigenvalue weighted by Crippen LogP contribution is -2.01. The van der Waals surface area contributed by atoms with E-state index < -0.39 is 0 Å². The molecule has 2 heteroatoms. The number of aromatic hydroxyl groups is 1. The highest BCUT2D eigenvalue weighted by molar-refractivity contribution is 5.50. The van der Waals surface area contributed by atoms with Crippen LogP contribution in [0.4, 0.5) is 0 Å². The van der Waals surface area contributed by atoms with Gasteiger partial charge in [0.25, 0.3) is 0 Å².